The molecule has 0 bridgehead atoms. The van der Waals surface area contributed by atoms with Crippen LogP contribution in [0.2, 0.25) is 0 Å². The minimum Gasteiger partial charge on any atom is -0.357 e. The maximum atomic E-state index is 11.5. The second-order valence-corrected chi connectivity index (χ2v) is 9.07. The van der Waals surface area contributed by atoms with Crippen LogP contribution in [0.4, 0.5) is 0 Å². The monoisotopic (exact) mass is 318 g/mol. The Labute approximate surface area is 129 Å². The molecule has 1 rings (SSSR count). The highest BCUT2D eigenvalue weighted by atomic mass is 32.2. The summed E-state index contributed by atoms with van der Waals surface area (Å²) >= 11 is 0. The highest BCUT2D eigenvalue weighted by Gasteiger charge is 2.28. The first-order valence-electron chi connectivity index (χ1n) is 7.53. The Kier molecular flexibility index (Phi) is 6.46. The van der Waals surface area contributed by atoms with E-state index in [1.807, 2.05) is 6.92 Å². The van der Waals surface area contributed by atoms with Gasteiger partial charge in [-0.1, -0.05) is 13.8 Å². The van der Waals surface area contributed by atoms with Crippen LogP contribution in [0.5, 0.6) is 0 Å². The van der Waals surface area contributed by atoms with Gasteiger partial charge in [0.1, 0.15) is 0 Å². The van der Waals surface area contributed by atoms with E-state index in [1.54, 1.807) is 0 Å². The minimum atomic E-state index is -2.87. The molecule has 1 saturated heterocycles. The molecule has 7 heteroatoms. The van der Waals surface area contributed by atoms with Gasteiger partial charge in [0.2, 0.25) is 0 Å². The van der Waals surface area contributed by atoms with Gasteiger partial charge >= 0.3 is 0 Å². The van der Waals surface area contributed by atoms with Gasteiger partial charge in [0, 0.05) is 25.7 Å². The number of sulfone groups is 1. The lowest BCUT2D eigenvalue weighted by Gasteiger charge is -2.27. The molecular weight excluding hydrogens is 288 g/mol. The number of aliphatic imine (C=N–C) groups is 1. The summed E-state index contributed by atoms with van der Waals surface area (Å²) in [5.74, 6) is 1.20. The third-order valence-corrected chi connectivity index (χ3v) is 5.09. The summed E-state index contributed by atoms with van der Waals surface area (Å²) in [6.07, 6.45) is 0.661. The molecule has 1 aliphatic heterocycles. The molecule has 2 N–H and O–H groups in total. The van der Waals surface area contributed by atoms with Crippen molar-refractivity contribution >= 4 is 15.8 Å². The maximum Gasteiger partial charge on any atom is 0.191 e. The predicted octanol–water partition coefficient (Wildman–Crippen LogP) is 0.316. The Balaban J connectivity index is 2.62. The molecule has 0 aliphatic carbocycles. The van der Waals surface area contributed by atoms with Crippen LogP contribution < -0.4 is 10.6 Å². The van der Waals surface area contributed by atoms with Gasteiger partial charge < -0.3 is 15.5 Å². The molecule has 0 spiro atoms. The summed E-state index contributed by atoms with van der Waals surface area (Å²) in [4.78, 5) is 6.77. The van der Waals surface area contributed by atoms with Crippen LogP contribution in [0.1, 0.15) is 27.2 Å². The molecule has 1 heterocycles. The molecule has 0 amide bonds. The van der Waals surface area contributed by atoms with Crippen molar-refractivity contribution in [2.24, 2.45) is 10.4 Å². The van der Waals surface area contributed by atoms with Crippen molar-refractivity contribution in [1.82, 2.24) is 15.5 Å². The second-order valence-electron chi connectivity index (χ2n) is 6.84. The van der Waals surface area contributed by atoms with Crippen molar-refractivity contribution in [3.63, 3.8) is 0 Å². The smallest absolute Gasteiger partial charge is 0.191 e. The highest BCUT2D eigenvalue weighted by molar-refractivity contribution is 7.91. The number of rotatable bonds is 6. The van der Waals surface area contributed by atoms with E-state index in [0.717, 1.165) is 13.1 Å². The van der Waals surface area contributed by atoms with Crippen molar-refractivity contribution in [2.45, 2.75) is 33.2 Å². The lowest BCUT2D eigenvalue weighted by molar-refractivity contribution is 0.248. The molecule has 1 fully saturated rings. The van der Waals surface area contributed by atoms with Crippen LogP contribution in [0.3, 0.4) is 0 Å². The van der Waals surface area contributed by atoms with Gasteiger partial charge in [0.25, 0.3) is 0 Å². The van der Waals surface area contributed by atoms with Gasteiger partial charge in [-0.15, -0.1) is 0 Å². The molecule has 21 heavy (non-hydrogen) atoms. The van der Waals surface area contributed by atoms with Crippen LogP contribution in [0, 0.1) is 5.41 Å². The lowest BCUT2D eigenvalue weighted by Crippen LogP contribution is -2.44. The van der Waals surface area contributed by atoms with E-state index in [-0.39, 0.29) is 23.0 Å². The fraction of sp³-hybridized carbons (Fsp3) is 0.929. The summed E-state index contributed by atoms with van der Waals surface area (Å²) in [7, 11) is 1.24. The number of guanidine groups is 1. The van der Waals surface area contributed by atoms with Gasteiger partial charge in [-0.2, -0.15) is 0 Å². The fourth-order valence-electron chi connectivity index (χ4n) is 2.62. The van der Waals surface area contributed by atoms with Crippen LogP contribution in [0.15, 0.2) is 4.99 Å². The van der Waals surface area contributed by atoms with Gasteiger partial charge in [-0.3, -0.25) is 4.99 Å². The zero-order chi connectivity index (χ0) is 16.1. The molecule has 0 aromatic heterocycles. The molecule has 0 aromatic carbocycles. The Morgan fingerprint density at radius 2 is 2.05 bits per heavy atom. The van der Waals surface area contributed by atoms with E-state index in [0.29, 0.717) is 18.9 Å². The largest absolute Gasteiger partial charge is 0.357 e. The Morgan fingerprint density at radius 3 is 2.52 bits per heavy atom. The summed E-state index contributed by atoms with van der Waals surface area (Å²) < 4.78 is 23.0. The SMILES string of the molecule is CCNC(=NCC(C)(C)CN(C)C)NC1CCS(=O)(=O)C1. The van der Waals surface area contributed by atoms with Gasteiger partial charge in [-0.25, -0.2) is 8.42 Å². The van der Waals surface area contributed by atoms with Gasteiger partial charge in [-0.05, 0) is 32.9 Å². The summed E-state index contributed by atoms with van der Waals surface area (Å²) in [6, 6.07) is -0.0234. The average Bonchev–Trinajstić information content (AvgIpc) is 2.64. The minimum absolute atomic E-state index is 0.0234. The summed E-state index contributed by atoms with van der Waals surface area (Å²) in [5, 5.41) is 6.44. The zero-order valence-electron chi connectivity index (χ0n) is 13.9. The van der Waals surface area contributed by atoms with E-state index >= 15 is 0 Å². The molecule has 1 aliphatic rings. The topological polar surface area (TPSA) is 73.8 Å². The van der Waals surface area contributed by atoms with Crippen molar-refractivity contribution < 1.29 is 8.42 Å². The Hall–Kier alpha value is -0.820. The van der Waals surface area contributed by atoms with Crippen molar-refractivity contribution in [2.75, 3.05) is 45.2 Å². The average molecular weight is 318 g/mol. The molecule has 0 aromatic rings. The molecule has 124 valence electrons. The van der Waals surface area contributed by atoms with Gasteiger partial charge in [0.05, 0.1) is 11.5 Å². The summed E-state index contributed by atoms with van der Waals surface area (Å²) in [5.41, 5.74) is 0.0770. The third kappa shape index (κ3) is 7.13. The van der Waals surface area contributed by atoms with E-state index in [4.69, 9.17) is 0 Å². The van der Waals surface area contributed by atoms with E-state index < -0.39 is 9.84 Å². The molecule has 0 saturated carbocycles. The maximum absolute atomic E-state index is 11.5. The molecule has 0 radical (unpaired) electrons. The van der Waals surface area contributed by atoms with E-state index in [2.05, 4.69) is 48.5 Å². The Bertz CT molecular complexity index is 458. The van der Waals surface area contributed by atoms with E-state index in [1.165, 1.54) is 0 Å². The number of hydrogen-bond donors (Lipinski definition) is 2. The van der Waals surface area contributed by atoms with Crippen LogP contribution >= 0.6 is 0 Å². The first-order chi connectivity index (χ1) is 9.63. The highest BCUT2D eigenvalue weighted by Crippen LogP contribution is 2.16. The molecular formula is C14H30N4O2S. The third-order valence-electron chi connectivity index (χ3n) is 3.33. The second kappa shape index (κ2) is 7.45. The number of hydrogen-bond acceptors (Lipinski definition) is 4. The van der Waals surface area contributed by atoms with Crippen LogP contribution in [-0.2, 0) is 9.84 Å². The summed E-state index contributed by atoms with van der Waals surface area (Å²) in [6.45, 7) is 8.78. The van der Waals surface area contributed by atoms with E-state index in [9.17, 15) is 8.42 Å². The molecule has 6 nitrogen and oxygen atoms in total. The normalized spacial score (nSPS) is 22.6. The zero-order valence-corrected chi connectivity index (χ0v) is 14.8. The number of nitrogens with one attached hydrogen (secondary N) is 2. The van der Waals surface area contributed by atoms with Crippen molar-refractivity contribution in [3.05, 3.63) is 0 Å². The molecule has 1 unspecified atom stereocenters. The standard InChI is InChI=1S/C14H30N4O2S/c1-6-15-13(16-10-14(2,3)11-18(4)5)17-12-7-8-21(19,20)9-12/h12H,6-11H2,1-5H3,(H2,15,16,17). The van der Waals surface area contributed by atoms with Crippen LogP contribution in [0.25, 0.3) is 0 Å². The van der Waals surface area contributed by atoms with Crippen molar-refractivity contribution in [3.8, 4) is 0 Å². The lowest BCUT2D eigenvalue weighted by atomic mass is 9.93. The number of nitrogens with zero attached hydrogens (tertiary/aromatic N) is 2. The predicted molar refractivity (Wildman–Crippen MR) is 88.5 cm³/mol. The first-order valence-corrected chi connectivity index (χ1v) is 9.36. The van der Waals surface area contributed by atoms with Crippen molar-refractivity contribution in [1.29, 1.82) is 0 Å². The van der Waals surface area contributed by atoms with Crippen LogP contribution in [-0.4, -0.2) is 70.6 Å². The Morgan fingerprint density at radius 1 is 1.38 bits per heavy atom. The van der Waals surface area contributed by atoms with Gasteiger partial charge in [0.15, 0.2) is 15.8 Å². The first kappa shape index (κ1) is 18.2. The quantitative estimate of drug-likeness (QED) is 0.545. The fourth-order valence-corrected chi connectivity index (χ4v) is 4.29. The molecule has 1 atom stereocenters.